The van der Waals surface area contributed by atoms with Crippen molar-refractivity contribution in [3.8, 4) is 0 Å². The number of carboxylic acid groups (broad SMARTS) is 1. The molecule has 1 heterocycles. The Morgan fingerprint density at radius 3 is 2.38 bits per heavy atom. The first-order valence-electron chi connectivity index (χ1n) is 6.97. The number of amides is 2. The quantitative estimate of drug-likeness (QED) is 0.753. The summed E-state index contributed by atoms with van der Waals surface area (Å²) < 4.78 is 0. The van der Waals surface area contributed by atoms with Crippen molar-refractivity contribution >= 4 is 23.3 Å². The highest BCUT2D eigenvalue weighted by Gasteiger charge is 2.44. The Morgan fingerprint density at radius 1 is 1.33 bits per heavy atom. The second-order valence-corrected chi connectivity index (χ2v) is 7.11. The number of hydrogen-bond donors (Lipinski definition) is 3. The number of nitrogens with one attached hydrogen (secondary N) is 2. The Hall–Kier alpha value is -1.56. The SMILES string of the molecule is CCC(NC(=O)NC(C)(C)C(C)(C)C(=O)O)c1cccs1. The highest BCUT2D eigenvalue weighted by molar-refractivity contribution is 7.10. The number of carbonyl (C=O) groups excluding carboxylic acids is 1. The standard InChI is InChI=1S/C15H24N2O3S/c1-6-10(11-8-7-9-21-11)16-13(20)17-15(4,5)14(2,3)12(18)19/h7-10H,6H2,1-5H3,(H,18,19)(H2,16,17,20). The van der Waals surface area contributed by atoms with Crippen molar-refractivity contribution in [1.29, 1.82) is 0 Å². The van der Waals surface area contributed by atoms with Gasteiger partial charge in [-0.1, -0.05) is 13.0 Å². The monoisotopic (exact) mass is 312 g/mol. The van der Waals surface area contributed by atoms with Gasteiger partial charge in [-0.15, -0.1) is 11.3 Å². The van der Waals surface area contributed by atoms with Gasteiger partial charge in [0.25, 0.3) is 0 Å². The van der Waals surface area contributed by atoms with Crippen molar-refractivity contribution < 1.29 is 14.7 Å². The summed E-state index contributed by atoms with van der Waals surface area (Å²) in [4.78, 5) is 24.6. The summed E-state index contributed by atoms with van der Waals surface area (Å²) >= 11 is 1.59. The van der Waals surface area contributed by atoms with E-state index >= 15 is 0 Å². The van der Waals surface area contributed by atoms with E-state index < -0.39 is 16.9 Å². The molecule has 0 aliphatic rings. The lowest BCUT2D eigenvalue weighted by atomic mass is 9.74. The van der Waals surface area contributed by atoms with E-state index in [1.54, 1.807) is 39.0 Å². The zero-order chi connectivity index (χ0) is 16.3. The van der Waals surface area contributed by atoms with E-state index in [4.69, 9.17) is 0 Å². The molecule has 0 radical (unpaired) electrons. The molecule has 0 saturated heterocycles. The minimum Gasteiger partial charge on any atom is -0.481 e. The molecule has 0 bridgehead atoms. The van der Waals surface area contributed by atoms with Crippen LogP contribution in [0, 0.1) is 5.41 Å². The molecule has 0 aromatic carbocycles. The first-order valence-corrected chi connectivity index (χ1v) is 7.85. The molecule has 0 aliphatic carbocycles. The summed E-state index contributed by atoms with van der Waals surface area (Å²) in [5, 5.41) is 16.9. The minimum absolute atomic E-state index is 0.0614. The lowest BCUT2D eigenvalue weighted by Crippen LogP contribution is -2.59. The maximum Gasteiger partial charge on any atom is 0.315 e. The second-order valence-electron chi connectivity index (χ2n) is 6.13. The van der Waals surface area contributed by atoms with Gasteiger partial charge in [0.05, 0.1) is 17.0 Å². The number of urea groups is 1. The van der Waals surface area contributed by atoms with Crippen LogP contribution in [0.25, 0.3) is 0 Å². The number of rotatable bonds is 6. The van der Waals surface area contributed by atoms with Crippen LogP contribution in [-0.2, 0) is 4.79 Å². The molecule has 6 heteroatoms. The molecular formula is C15H24N2O3S. The second kappa shape index (κ2) is 6.47. The Labute approximate surface area is 129 Å². The molecule has 1 aromatic heterocycles. The molecule has 118 valence electrons. The fourth-order valence-corrected chi connectivity index (χ4v) is 2.63. The van der Waals surface area contributed by atoms with Gasteiger partial charge in [-0.3, -0.25) is 4.79 Å². The molecule has 0 fully saturated rings. The molecule has 1 aromatic rings. The highest BCUT2D eigenvalue weighted by atomic mass is 32.1. The molecule has 5 nitrogen and oxygen atoms in total. The molecule has 1 atom stereocenters. The Kier molecular flexibility index (Phi) is 5.39. The lowest BCUT2D eigenvalue weighted by molar-refractivity contribution is -0.150. The van der Waals surface area contributed by atoms with Crippen LogP contribution in [-0.4, -0.2) is 22.6 Å². The largest absolute Gasteiger partial charge is 0.481 e. The zero-order valence-corrected chi connectivity index (χ0v) is 14.0. The Morgan fingerprint density at radius 2 is 1.95 bits per heavy atom. The van der Waals surface area contributed by atoms with Crippen LogP contribution in [0.15, 0.2) is 17.5 Å². The predicted octanol–water partition coefficient (Wildman–Crippen LogP) is 3.39. The maximum atomic E-state index is 12.2. The number of thiophene rings is 1. The normalized spacial score (nSPS) is 13.6. The average Bonchev–Trinajstić information content (AvgIpc) is 2.88. The van der Waals surface area contributed by atoms with E-state index in [-0.39, 0.29) is 12.1 Å². The molecule has 3 N–H and O–H groups in total. The summed E-state index contributed by atoms with van der Waals surface area (Å²) in [5.74, 6) is -0.946. The van der Waals surface area contributed by atoms with Gasteiger partial charge in [-0.2, -0.15) is 0 Å². The fraction of sp³-hybridized carbons (Fsp3) is 0.600. The van der Waals surface area contributed by atoms with Crippen molar-refractivity contribution in [1.82, 2.24) is 10.6 Å². The minimum atomic E-state index is -1.07. The Bertz CT molecular complexity index is 495. The van der Waals surface area contributed by atoms with Gasteiger partial charge in [0.15, 0.2) is 0 Å². The fourth-order valence-electron chi connectivity index (χ4n) is 1.77. The molecule has 21 heavy (non-hydrogen) atoms. The molecule has 0 spiro atoms. The third kappa shape index (κ3) is 3.97. The van der Waals surface area contributed by atoms with Crippen LogP contribution < -0.4 is 10.6 Å². The number of hydrogen-bond acceptors (Lipinski definition) is 3. The number of aliphatic carboxylic acids is 1. The van der Waals surface area contributed by atoms with E-state index in [0.717, 1.165) is 11.3 Å². The lowest BCUT2D eigenvalue weighted by Gasteiger charge is -2.39. The van der Waals surface area contributed by atoms with Crippen molar-refractivity contribution in [2.45, 2.75) is 52.6 Å². The third-order valence-corrected chi connectivity index (χ3v) is 5.11. The van der Waals surface area contributed by atoms with Crippen LogP contribution in [0.2, 0.25) is 0 Å². The van der Waals surface area contributed by atoms with E-state index in [1.807, 2.05) is 24.4 Å². The molecule has 0 aliphatic heterocycles. The molecule has 1 rings (SSSR count). The zero-order valence-electron chi connectivity index (χ0n) is 13.2. The molecule has 0 saturated carbocycles. The summed E-state index contributed by atoms with van der Waals surface area (Å²) in [6.07, 6.45) is 0.774. The topological polar surface area (TPSA) is 78.4 Å². The van der Waals surface area contributed by atoms with E-state index in [1.165, 1.54) is 0 Å². The first-order chi connectivity index (χ1) is 9.61. The summed E-state index contributed by atoms with van der Waals surface area (Å²) in [7, 11) is 0. The summed E-state index contributed by atoms with van der Waals surface area (Å²) in [6, 6.07) is 3.51. The van der Waals surface area contributed by atoms with Gasteiger partial charge in [0.2, 0.25) is 0 Å². The smallest absolute Gasteiger partial charge is 0.315 e. The molecular weight excluding hydrogens is 288 g/mol. The van der Waals surface area contributed by atoms with Crippen LogP contribution in [0.4, 0.5) is 4.79 Å². The van der Waals surface area contributed by atoms with Gasteiger partial charge in [-0.25, -0.2) is 4.79 Å². The average molecular weight is 312 g/mol. The van der Waals surface area contributed by atoms with Gasteiger partial charge in [0.1, 0.15) is 0 Å². The van der Waals surface area contributed by atoms with Gasteiger partial charge in [-0.05, 0) is 45.6 Å². The van der Waals surface area contributed by atoms with Gasteiger partial charge in [0, 0.05) is 4.88 Å². The van der Waals surface area contributed by atoms with Crippen LogP contribution in [0.5, 0.6) is 0 Å². The summed E-state index contributed by atoms with van der Waals surface area (Å²) in [6.45, 7) is 8.63. The number of carboxylic acids is 1. The van der Waals surface area contributed by atoms with Gasteiger partial charge < -0.3 is 15.7 Å². The van der Waals surface area contributed by atoms with Crippen LogP contribution >= 0.6 is 11.3 Å². The van der Waals surface area contributed by atoms with Crippen molar-refractivity contribution in [2.75, 3.05) is 0 Å². The third-order valence-electron chi connectivity index (χ3n) is 4.12. The maximum absolute atomic E-state index is 12.2. The molecule has 1 unspecified atom stereocenters. The van der Waals surface area contributed by atoms with Gasteiger partial charge >= 0.3 is 12.0 Å². The van der Waals surface area contributed by atoms with Crippen molar-refractivity contribution in [2.24, 2.45) is 5.41 Å². The van der Waals surface area contributed by atoms with Crippen LogP contribution in [0.3, 0.4) is 0 Å². The summed E-state index contributed by atoms with van der Waals surface area (Å²) in [5.41, 5.74) is -1.95. The van der Waals surface area contributed by atoms with E-state index in [0.29, 0.717) is 0 Å². The molecule has 2 amide bonds. The van der Waals surface area contributed by atoms with E-state index in [2.05, 4.69) is 10.6 Å². The Balaban J connectivity index is 2.75. The van der Waals surface area contributed by atoms with Crippen LogP contribution in [0.1, 0.15) is 52.0 Å². The van der Waals surface area contributed by atoms with E-state index in [9.17, 15) is 14.7 Å². The number of carbonyl (C=O) groups is 2. The predicted molar refractivity (Wildman–Crippen MR) is 84.5 cm³/mol. The van der Waals surface area contributed by atoms with Crippen molar-refractivity contribution in [3.05, 3.63) is 22.4 Å². The van der Waals surface area contributed by atoms with Crippen molar-refractivity contribution in [3.63, 3.8) is 0 Å². The first kappa shape index (κ1) is 17.5. The highest BCUT2D eigenvalue weighted by Crippen LogP contribution is 2.31.